The van der Waals surface area contributed by atoms with Crippen LogP contribution >= 0.6 is 28.3 Å². The monoisotopic (exact) mass is 376 g/mol. The zero-order chi connectivity index (χ0) is 14.5. The van der Waals surface area contributed by atoms with Crippen LogP contribution in [0.3, 0.4) is 0 Å². The molecule has 2 N–H and O–H groups in total. The van der Waals surface area contributed by atoms with Gasteiger partial charge in [0, 0.05) is 10.4 Å². The lowest BCUT2D eigenvalue weighted by molar-refractivity contribution is -0.127. The van der Waals surface area contributed by atoms with Gasteiger partial charge in [0.05, 0.1) is 6.54 Å². The molecule has 0 spiro atoms. The number of hydrogen-bond donors (Lipinski definition) is 2. The highest BCUT2D eigenvalue weighted by atomic mass is 79.9. The van der Waals surface area contributed by atoms with Gasteiger partial charge in [-0.1, -0.05) is 22.9 Å². The average molecular weight is 378 g/mol. The lowest BCUT2D eigenvalue weighted by atomic mass is 9.88. The van der Waals surface area contributed by atoms with Gasteiger partial charge in [0.25, 0.3) is 0 Å². The molecule has 21 heavy (non-hydrogen) atoms. The van der Waals surface area contributed by atoms with Crippen molar-refractivity contribution in [3.05, 3.63) is 28.7 Å². The molecule has 0 saturated carbocycles. The Balaban J connectivity index is 0.00000220. The van der Waals surface area contributed by atoms with Crippen molar-refractivity contribution in [1.29, 1.82) is 0 Å². The van der Waals surface area contributed by atoms with Gasteiger partial charge in [-0.2, -0.15) is 0 Å². The van der Waals surface area contributed by atoms with Crippen LogP contribution in [0.15, 0.2) is 28.7 Å². The van der Waals surface area contributed by atoms with Crippen molar-refractivity contribution in [2.24, 2.45) is 11.8 Å². The first-order chi connectivity index (χ1) is 9.56. The van der Waals surface area contributed by atoms with Crippen molar-refractivity contribution in [3.8, 4) is 5.75 Å². The number of amides is 1. The lowest BCUT2D eigenvalue weighted by Gasteiger charge is -2.32. The molecule has 4 nitrogen and oxygen atoms in total. The van der Waals surface area contributed by atoms with E-state index < -0.39 is 0 Å². The van der Waals surface area contributed by atoms with E-state index in [1.54, 1.807) is 0 Å². The standard InChI is InChI=1S/C15H21BrN2O2.ClH/c1-10(20-14-5-3-13(16)4-6-14)7-18-15(19)11(2)12-8-17-9-12;/h3-6,10-12,17H,7-9H2,1-2H3,(H,18,19);1H. The molecule has 1 aliphatic heterocycles. The predicted octanol–water partition coefficient (Wildman–Crippen LogP) is 2.61. The van der Waals surface area contributed by atoms with Gasteiger partial charge in [0.15, 0.2) is 0 Å². The molecule has 1 aromatic rings. The molecule has 1 aliphatic rings. The van der Waals surface area contributed by atoms with E-state index in [4.69, 9.17) is 4.74 Å². The molecule has 118 valence electrons. The number of benzene rings is 1. The highest BCUT2D eigenvalue weighted by Crippen LogP contribution is 2.18. The summed E-state index contributed by atoms with van der Waals surface area (Å²) in [6.45, 7) is 6.36. The first-order valence-corrected chi connectivity index (χ1v) is 7.76. The second-order valence-corrected chi connectivity index (χ2v) is 6.25. The van der Waals surface area contributed by atoms with Crippen LogP contribution in [0.25, 0.3) is 0 Å². The van der Waals surface area contributed by atoms with E-state index in [1.807, 2.05) is 38.1 Å². The number of carbonyl (C=O) groups is 1. The molecule has 0 aliphatic carbocycles. The molecule has 1 aromatic carbocycles. The van der Waals surface area contributed by atoms with Gasteiger partial charge in [-0.05, 0) is 50.2 Å². The van der Waals surface area contributed by atoms with E-state index in [1.165, 1.54) is 0 Å². The molecule has 0 aromatic heterocycles. The van der Waals surface area contributed by atoms with E-state index >= 15 is 0 Å². The second kappa shape index (κ2) is 8.61. The minimum absolute atomic E-state index is 0. The summed E-state index contributed by atoms with van der Waals surface area (Å²) < 4.78 is 6.77. The Labute approximate surface area is 140 Å². The maximum Gasteiger partial charge on any atom is 0.223 e. The van der Waals surface area contributed by atoms with Crippen LogP contribution in [0.1, 0.15) is 13.8 Å². The molecule has 0 bridgehead atoms. The van der Waals surface area contributed by atoms with Gasteiger partial charge in [-0.25, -0.2) is 0 Å². The van der Waals surface area contributed by atoms with Crippen LogP contribution in [-0.2, 0) is 4.79 Å². The van der Waals surface area contributed by atoms with Crippen molar-refractivity contribution in [1.82, 2.24) is 10.6 Å². The molecule has 2 unspecified atom stereocenters. The highest BCUT2D eigenvalue weighted by molar-refractivity contribution is 9.10. The quantitative estimate of drug-likeness (QED) is 0.801. The summed E-state index contributed by atoms with van der Waals surface area (Å²) in [5.41, 5.74) is 0. The third kappa shape index (κ3) is 5.49. The fourth-order valence-electron chi connectivity index (χ4n) is 2.07. The van der Waals surface area contributed by atoms with Crippen molar-refractivity contribution >= 4 is 34.2 Å². The fourth-order valence-corrected chi connectivity index (χ4v) is 2.34. The molecule has 2 atom stereocenters. The maximum atomic E-state index is 12.0. The minimum atomic E-state index is -0.0492. The molecule has 0 radical (unpaired) electrons. The molecule has 1 amide bonds. The number of nitrogens with one attached hydrogen (secondary N) is 2. The van der Waals surface area contributed by atoms with Gasteiger partial charge >= 0.3 is 0 Å². The van der Waals surface area contributed by atoms with Crippen LogP contribution in [-0.4, -0.2) is 31.6 Å². The number of hydrogen-bond acceptors (Lipinski definition) is 3. The van der Waals surface area contributed by atoms with E-state index in [0.717, 1.165) is 23.3 Å². The molecule has 1 fully saturated rings. The van der Waals surface area contributed by atoms with Crippen LogP contribution in [0.4, 0.5) is 0 Å². The zero-order valence-corrected chi connectivity index (χ0v) is 14.7. The average Bonchev–Trinajstić information content (AvgIpc) is 2.36. The Morgan fingerprint density at radius 1 is 1.38 bits per heavy atom. The third-order valence-corrected chi connectivity index (χ3v) is 4.18. The van der Waals surface area contributed by atoms with Gasteiger partial charge in [-0.15, -0.1) is 12.4 Å². The summed E-state index contributed by atoms with van der Waals surface area (Å²) in [6.07, 6.45) is -0.0492. The Bertz CT molecular complexity index is 451. The largest absolute Gasteiger partial charge is 0.489 e. The molecule has 1 heterocycles. The van der Waals surface area contributed by atoms with E-state index in [9.17, 15) is 4.79 Å². The minimum Gasteiger partial charge on any atom is -0.489 e. The third-order valence-electron chi connectivity index (χ3n) is 3.65. The van der Waals surface area contributed by atoms with Gasteiger partial charge in [-0.3, -0.25) is 4.79 Å². The summed E-state index contributed by atoms with van der Waals surface area (Å²) in [6, 6.07) is 7.69. The van der Waals surface area contributed by atoms with Crippen molar-refractivity contribution in [3.63, 3.8) is 0 Å². The van der Waals surface area contributed by atoms with Crippen molar-refractivity contribution < 1.29 is 9.53 Å². The maximum absolute atomic E-state index is 12.0. The van der Waals surface area contributed by atoms with Crippen molar-refractivity contribution in [2.45, 2.75) is 20.0 Å². The summed E-state index contributed by atoms with van der Waals surface area (Å²) in [5.74, 6) is 1.46. The first-order valence-electron chi connectivity index (χ1n) is 6.97. The highest BCUT2D eigenvalue weighted by Gasteiger charge is 2.28. The molecule has 6 heteroatoms. The number of ether oxygens (including phenoxy) is 1. The van der Waals surface area contributed by atoms with Gasteiger partial charge in [0.1, 0.15) is 11.9 Å². The lowest BCUT2D eigenvalue weighted by Crippen LogP contribution is -2.50. The van der Waals surface area contributed by atoms with Crippen LogP contribution in [0, 0.1) is 11.8 Å². The Morgan fingerprint density at radius 2 is 2.00 bits per heavy atom. The topological polar surface area (TPSA) is 50.4 Å². The van der Waals surface area contributed by atoms with Gasteiger partial charge in [0.2, 0.25) is 5.91 Å². The Hall–Kier alpha value is -0.780. The number of halogens is 2. The van der Waals surface area contributed by atoms with Crippen LogP contribution in [0.2, 0.25) is 0 Å². The zero-order valence-electron chi connectivity index (χ0n) is 12.3. The smallest absolute Gasteiger partial charge is 0.223 e. The normalized spacial score (nSPS) is 17.1. The van der Waals surface area contributed by atoms with Crippen LogP contribution < -0.4 is 15.4 Å². The first kappa shape index (κ1) is 18.3. The van der Waals surface area contributed by atoms with E-state index in [2.05, 4.69) is 26.6 Å². The molecular weight excluding hydrogens is 356 g/mol. The van der Waals surface area contributed by atoms with Gasteiger partial charge < -0.3 is 15.4 Å². The predicted molar refractivity (Wildman–Crippen MR) is 90.0 cm³/mol. The Kier molecular flexibility index (Phi) is 7.49. The number of carbonyl (C=O) groups excluding carboxylic acids is 1. The summed E-state index contributed by atoms with van der Waals surface area (Å²) >= 11 is 3.39. The summed E-state index contributed by atoms with van der Waals surface area (Å²) in [7, 11) is 0. The molecule has 2 rings (SSSR count). The Morgan fingerprint density at radius 3 is 2.52 bits per heavy atom. The van der Waals surface area contributed by atoms with Crippen molar-refractivity contribution in [2.75, 3.05) is 19.6 Å². The molecule has 1 saturated heterocycles. The van der Waals surface area contributed by atoms with Crippen LogP contribution in [0.5, 0.6) is 5.75 Å². The second-order valence-electron chi connectivity index (χ2n) is 5.33. The SMILES string of the molecule is CC(CNC(=O)C(C)C1CNC1)Oc1ccc(Br)cc1.Cl. The van der Waals surface area contributed by atoms with E-state index in [0.29, 0.717) is 12.5 Å². The summed E-state index contributed by atoms with van der Waals surface area (Å²) in [5, 5.41) is 6.15. The summed E-state index contributed by atoms with van der Waals surface area (Å²) in [4.78, 5) is 12.0. The van der Waals surface area contributed by atoms with E-state index in [-0.39, 0.29) is 30.3 Å². The fraction of sp³-hybridized carbons (Fsp3) is 0.533. The molecular formula is C15H22BrClN2O2. The number of rotatable bonds is 6.